The molecule has 0 spiro atoms. The Balaban J connectivity index is 3.95. The van der Waals surface area contributed by atoms with Crippen LogP contribution in [0.5, 0.6) is 0 Å². The molecule has 4 heteroatoms. The molecular weight excluding hydrogens is 126 g/mol. The minimum absolute atomic E-state index is 0.118. The van der Waals surface area contributed by atoms with Crippen LogP contribution in [0.3, 0.4) is 0 Å². The van der Waals surface area contributed by atoms with Gasteiger partial charge in [-0.05, 0) is 6.92 Å². The highest BCUT2D eigenvalue weighted by Crippen LogP contribution is 1.88. The molecule has 0 atom stereocenters. The third kappa shape index (κ3) is 5.65. The van der Waals surface area contributed by atoms with E-state index in [0.29, 0.717) is 5.57 Å². The summed E-state index contributed by atoms with van der Waals surface area (Å²) in [7, 11) is -3.32. The standard InChI is InChI=1S/C4H9NO2S/c1-4(2)3-8(5,6)7/h1,3H2,2H3,(H2,5,6,7). The molecule has 0 aliphatic rings. The van der Waals surface area contributed by atoms with Crippen molar-refractivity contribution in [2.45, 2.75) is 6.92 Å². The highest BCUT2D eigenvalue weighted by atomic mass is 32.2. The van der Waals surface area contributed by atoms with Gasteiger partial charge in [0.2, 0.25) is 10.0 Å². The Labute approximate surface area is 49.2 Å². The normalized spacial score (nSPS) is 11.2. The third-order valence-electron chi connectivity index (χ3n) is 0.448. The number of nitrogens with two attached hydrogens (primary N) is 1. The number of primary sulfonamides is 1. The summed E-state index contributed by atoms with van der Waals surface area (Å²) in [5.74, 6) is -0.118. The maximum atomic E-state index is 10.2. The highest BCUT2D eigenvalue weighted by Gasteiger charge is 1.99. The number of hydrogen-bond donors (Lipinski definition) is 1. The fraction of sp³-hybridized carbons (Fsp3) is 0.500. The second-order valence-electron chi connectivity index (χ2n) is 1.76. The minimum Gasteiger partial charge on any atom is -0.228 e. The molecule has 0 aliphatic heterocycles. The predicted octanol–water partition coefficient (Wildman–Crippen LogP) is -0.149. The average Bonchev–Trinajstić information content (AvgIpc) is 1.21. The molecule has 0 fully saturated rings. The first kappa shape index (κ1) is 7.65. The van der Waals surface area contributed by atoms with E-state index in [-0.39, 0.29) is 5.75 Å². The SMILES string of the molecule is C=C(C)CS(N)(=O)=O. The van der Waals surface area contributed by atoms with E-state index in [4.69, 9.17) is 0 Å². The molecule has 8 heavy (non-hydrogen) atoms. The van der Waals surface area contributed by atoms with Gasteiger partial charge in [0, 0.05) is 0 Å². The van der Waals surface area contributed by atoms with Crippen molar-refractivity contribution in [3.63, 3.8) is 0 Å². The van der Waals surface area contributed by atoms with Gasteiger partial charge < -0.3 is 0 Å². The van der Waals surface area contributed by atoms with Gasteiger partial charge in [0.25, 0.3) is 0 Å². The van der Waals surface area contributed by atoms with Crippen LogP contribution in [0.4, 0.5) is 0 Å². The van der Waals surface area contributed by atoms with Gasteiger partial charge in [-0.1, -0.05) is 12.2 Å². The number of hydrogen-bond acceptors (Lipinski definition) is 2. The lowest BCUT2D eigenvalue weighted by molar-refractivity contribution is 0.600. The Kier molecular flexibility index (Phi) is 2.18. The first-order valence-electron chi connectivity index (χ1n) is 2.06. The molecule has 0 aromatic carbocycles. The summed E-state index contributed by atoms with van der Waals surface area (Å²) in [5, 5.41) is 4.65. The summed E-state index contributed by atoms with van der Waals surface area (Å²) in [4.78, 5) is 0. The molecule has 0 bridgehead atoms. The third-order valence-corrected chi connectivity index (χ3v) is 1.34. The molecule has 0 heterocycles. The fourth-order valence-corrected chi connectivity index (χ4v) is 1.03. The van der Waals surface area contributed by atoms with Crippen molar-refractivity contribution in [1.29, 1.82) is 0 Å². The van der Waals surface area contributed by atoms with Gasteiger partial charge in [-0.25, -0.2) is 13.6 Å². The van der Waals surface area contributed by atoms with E-state index >= 15 is 0 Å². The molecule has 3 nitrogen and oxygen atoms in total. The van der Waals surface area contributed by atoms with Gasteiger partial charge in [0.15, 0.2) is 0 Å². The van der Waals surface area contributed by atoms with Crippen molar-refractivity contribution >= 4 is 10.0 Å². The molecule has 0 amide bonds. The number of sulfonamides is 1. The van der Waals surface area contributed by atoms with Crippen LogP contribution in [0.2, 0.25) is 0 Å². The minimum atomic E-state index is -3.32. The molecule has 0 aromatic heterocycles. The van der Waals surface area contributed by atoms with Gasteiger partial charge in [0.05, 0.1) is 5.75 Å². The molecule has 0 radical (unpaired) electrons. The van der Waals surface area contributed by atoms with E-state index in [1.165, 1.54) is 0 Å². The summed E-state index contributed by atoms with van der Waals surface area (Å²) in [6.07, 6.45) is 0. The number of rotatable bonds is 2. The second kappa shape index (κ2) is 2.28. The van der Waals surface area contributed by atoms with Crippen molar-refractivity contribution in [2.24, 2.45) is 5.14 Å². The molecule has 0 unspecified atom stereocenters. The van der Waals surface area contributed by atoms with Crippen molar-refractivity contribution < 1.29 is 8.42 Å². The molecule has 2 N–H and O–H groups in total. The molecule has 0 aliphatic carbocycles. The summed E-state index contributed by atoms with van der Waals surface area (Å²) >= 11 is 0. The first-order chi connectivity index (χ1) is 3.42. The molecule has 0 rings (SSSR count). The van der Waals surface area contributed by atoms with Crippen LogP contribution in [0.25, 0.3) is 0 Å². The predicted molar refractivity (Wildman–Crippen MR) is 32.8 cm³/mol. The van der Waals surface area contributed by atoms with Crippen molar-refractivity contribution in [2.75, 3.05) is 5.75 Å². The van der Waals surface area contributed by atoms with Crippen molar-refractivity contribution in [3.8, 4) is 0 Å². The van der Waals surface area contributed by atoms with Gasteiger partial charge >= 0.3 is 0 Å². The second-order valence-corrected chi connectivity index (χ2v) is 3.38. The van der Waals surface area contributed by atoms with Crippen LogP contribution in [0.1, 0.15) is 6.92 Å². The highest BCUT2D eigenvalue weighted by molar-refractivity contribution is 7.89. The zero-order valence-corrected chi connectivity index (χ0v) is 5.53. The zero-order valence-electron chi connectivity index (χ0n) is 4.72. The fourth-order valence-electron chi connectivity index (χ4n) is 0.343. The lowest BCUT2D eigenvalue weighted by Gasteiger charge is -1.92. The van der Waals surface area contributed by atoms with Gasteiger partial charge in [-0.2, -0.15) is 0 Å². The van der Waals surface area contributed by atoms with Crippen LogP contribution in [-0.4, -0.2) is 14.2 Å². The first-order valence-corrected chi connectivity index (χ1v) is 3.78. The summed E-state index contributed by atoms with van der Waals surface area (Å²) in [5.41, 5.74) is 0.563. The molecule has 48 valence electrons. The molecular formula is C4H9NO2S. The van der Waals surface area contributed by atoms with Crippen LogP contribution < -0.4 is 5.14 Å². The van der Waals surface area contributed by atoms with Gasteiger partial charge in [-0.3, -0.25) is 0 Å². The van der Waals surface area contributed by atoms with Crippen molar-refractivity contribution in [3.05, 3.63) is 12.2 Å². The lowest BCUT2D eigenvalue weighted by Crippen LogP contribution is -2.16. The Hall–Kier alpha value is -0.350. The largest absolute Gasteiger partial charge is 0.228 e. The zero-order chi connectivity index (χ0) is 6.78. The topological polar surface area (TPSA) is 60.2 Å². The van der Waals surface area contributed by atoms with E-state index < -0.39 is 10.0 Å². The summed E-state index contributed by atoms with van der Waals surface area (Å²) < 4.78 is 20.3. The quantitative estimate of drug-likeness (QED) is 0.535. The van der Waals surface area contributed by atoms with E-state index in [0.717, 1.165) is 0 Å². The van der Waals surface area contributed by atoms with Crippen LogP contribution in [0.15, 0.2) is 12.2 Å². The van der Waals surface area contributed by atoms with Gasteiger partial charge in [0.1, 0.15) is 0 Å². The molecule has 0 aromatic rings. The van der Waals surface area contributed by atoms with Gasteiger partial charge in [-0.15, -0.1) is 0 Å². The maximum Gasteiger partial charge on any atom is 0.212 e. The summed E-state index contributed by atoms with van der Waals surface area (Å²) in [6.45, 7) is 5.00. The Morgan fingerprint density at radius 1 is 1.75 bits per heavy atom. The van der Waals surface area contributed by atoms with E-state index in [1.54, 1.807) is 6.92 Å². The van der Waals surface area contributed by atoms with Crippen LogP contribution in [0, 0.1) is 0 Å². The Bertz CT molecular complexity index is 180. The van der Waals surface area contributed by atoms with Crippen molar-refractivity contribution in [1.82, 2.24) is 0 Å². The van der Waals surface area contributed by atoms with E-state index in [2.05, 4.69) is 11.7 Å². The van der Waals surface area contributed by atoms with E-state index in [1.807, 2.05) is 0 Å². The average molecular weight is 135 g/mol. The van der Waals surface area contributed by atoms with E-state index in [9.17, 15) is 8.42 Å². The monoisotopic (exact) mass is 135 g/mol. The maximum absolute atomic E-state index is 10.2. The smallest absolute Gasteiger partial charge is 0.212 e. The van der Waals surface area contributed by atoms with Crippen LogP contribution >= 0.6 is 0 Å². The Morgan fingerprint density at radius 2 is 2.12 bits per heavy atom. The lowest BCUT2D eigenvalue weighted by atomic mass is 10.4. The molecule has 0 saturated heterocycles. The van der Waals surface area contributed by atoms with Crippen LogP contribution in [-0.2, 0) is 10.0 Å². The Morgan fingerprint density at radius 3 is 2.12 bits per heavy atom. The summed E-state index contributed by atoms with van der Waals surface area (Å²) in [6, 6.07) is 0. The molecule has 0 saturated carbocycles.